The number of amides is 3. The number of aliphatic hydroxyl groups is 1. The summed E-state index contributed by atoms with van der Waals surface area (Å²) in [5.41, 5.74) is 1.34. The van der Waals surface area contributed by atoms with E-state index in [1.165, 1.54) is 0 Å². The number of pyridine rings is 1. The molecule has 0 saturated carbocycles. The molecule has 32 heavy (non-hydrogen) atoms. The first-order valence-electron chi connectivity index (χ1n) is 10.9. The highest BCUT2D eigenvalue weighted by atomic mass is 16.3. The van der Waals surface area contributed by atoms with E-state index in [0.29, 0.717) is 31.1 Å². The molecule has 0 radical (unpaired) electrons. The minimum absolute atomic E-state index is 0.0291. The first-order valence-corrected chi connectivity index (χ1v) is 10.9. The molecule has 1 spiro atoms. The van der Waals surface area contributed by atoms with Crippen LogP contribution in [0.25, 0.3) is 0 Å². The molecule has 10 heteroatoms. The molecule has 2 atom stereocenters. The van der Waals surface area contributed by atoms with Crippen molar-refractivity contribution in [3.8, 4) is 0 Å². The third-order valence-corrected chi connectivity index (χ3v) is 6.62. The fraction of sp³-hybridized carbons (Fsp3) is 0.455. The minimum Gasteiger partial charge on any atom is -0.395 e. The van der Waals surface area contributed by atoms with Gasteiger partial charge in [0.2, 0.25) is 0 Å². The number of rotatable bonds is 4. The number of anilines is 1. The number of hydrogen-bond donors (Lipinski definition) is 3. The van der Waals surface area contributed by atoms with Crippen LogP contribution in [0.5, 0.6) is 0 Å². The van der Waals surface area contributed by atoms with E-state index in [-0.39, 0.29) is 30.6 Å². The second kappa shape index (κ2) is 7.72. The molecule has 1 saturated heterocycles. The smallest absolute Gasteiger partial charge is 0.321 e. The molecule has 0 aromatic carbocycles. The Morgan fingerprint density at radius 1 is 1.25 bits per heavy atom. The molecule has 1 fully saturated rings. The summed E-state index contributed by atoms with van der Waals surface area (Å²) in [6, 6.07) is 5.30. The van der Waals surface area contributed by atoms with Crippen LogP contribution >= 0.6 is 0 Å². The standard InChI is InChI=1S/C22H27N7O3/c1-14-12-28(15(2)11-27(14)9-10-30)21(32)29-13-16-18(22(29)6-7-22)25-26-19(16)24-20(31)17-5-3-4-8-23-17/h3-8,14-15,30H,9-13H2,1-2H3,(H2,24,25,26,31)/t14?,15-/m0/s1. The lowest BCUT2D eigenvalue weighted by atomic mass is 10.1. The Labute approximate surface area is 185 Å². The molecule has 1 unspecified atom stereocenters. The monoisotopic (exact) mass is 437 g/mol. The van der Waals surface area contributed by atoms with Gasteiger partial charge in [0.1, 0.15) is 11.2 Å². The van der Waals surface area contributed by atoms with Crippen molar-refractivity contribution < 1.29 is 14.7 Å². The van der Waals surface area contributed by atoms with Gasteiger partial charge in [-0.05, 0) is 38.1 Å². The molecule has 168 valence electrons. The highest BCUT2D eigenvalue weighted by molar-refractivity contribution is 6.02. The topological polar surface area (TPSA) is 118 Å². The van der Waals surface area contributed by atoms with Gasteiger partial charge in [-0.2, -0.15) is 5.10 Å². The van der Waals surface area contributed by atoms with Crippen LogP contribution < -0.4 is 5.32 Å². The second-order valence-electron chi connectivity index (χ2n) is 8.69. The maximum absolute atomic E-state index is 13.6. The Bertz CT molecular complexity index is 1060. The summed E-state index contributed by atoms with van der Waals surface area (Å²) >= 11 is 0. The largest absolute Gasteiger partial charge is 0.395 e. The van der Waals surface area contributed by atoms with E-state index in [0.717, 1.165) is 17.8 Å². The van der Waals surface area contributed by atoms with Gasteiger partial charge in [-0.1, -0.05) is 6.07 Å². The zero-order chi connectivity index (χ0) is 22.5. The van der Waals surface area contributed by atoms with Crippen LogP contribution in [0.3, 0.4) is 0 Å². The summed E-state index contributed by atoms with van der Waals surface area (Å²) in [6.07, 6.45) is 5.53. The van der Waals surface area contributed by atoms with Crippen molar-refractivity contribution in [3.63, 3.8) is 0 Å². The van der Waals surface area contributed by atoms with Gasteiger partial charge in [0.25, 0.3) is 5.91 Å². The fourth-order valence-corrected chi connectivity index (χ4v) is 4.76. The summed E-state index contributed by atoms with van der Waals surface area (Å²) in [5.74, 6) is 0.0816. The van der Waals surface area contributed by atoms with Gasteiger partial charge >= 0.3 is 6.03 Å². The molecule has 2 aromatic rings. The molecule has 4 heterocycles. The lowest BCUT2D eigenvalue weighted by molar-refractivity contribution is 0.0358. The molecule has 2 aliphatic heterocycles. The van der Waals surface area contributed by atoms with E-state index in [1.807, 2.05) is 28.9 Å². The van der Waals surface area contributed by atoms with Crippen molar-refractivity contribution in [3.05, 3.63) is 53.5 Å². The SMILES string of the molecule is CC1CN(C(=O)N2Cc3c(NC(=O)c4ccccn4)n[nH]c3C23C=C3)[C@@H](C)CN1CCO. The van der Waals surface area contributed by atoms with Crippen molar-refractivity contribution in [2.24, 2.45) is 0 Å². The quantitative estimate of drug-likeness (QED) is 0.618. The van der Waals surface area contributed by atoms with Gasteiger partial charge < -0.3 is 20.2 Å². The molecule has 0 bridgehead atoms. The molecule has 10 nitrogen and oxygen atoms in total. The van der Waals surface area contributed by atoms with E-state index in [2.05, 4.69) is 32.3 Å². The second-order valence-corrected chi connectivity index (χ2v) is 8.69. The molecular formula is C22H27N7O3. The number of aromatic nitrogens is 3. The lowest BCUT2D eigenvalue weighted by Crippen LogP contribution is -2.61. The molecule has 3 amide bonds. The number of carbonyl (C=O) groups excluding carboxylic acids is 2. The molecule has 1 aliphatic carbocycles. The van der Waals surface area contributed by atoms with Crippen LogP contribution in [0.1, 0.15) is 35.6 Å². The Kier molecular flexibility index (Phi) is 4.98. The van der Waals surface area contributed by atoms with Gasteiger partial charge in [-0.15, -0.1) is 0 Å². The van der Waals surface area contributed by atoms with Crippen LogP contribution in [0.4, 0.5) is 10.6 Å². The third kappa shape index (κ3) is 3.26. The summed E-state index contributed by atoms with van der Waals surface area (Å²) < 4.78 is 0. The summed E-state index contributed by atoms with van der Waals surface area (Å²) in [7, 11) is 0. The van der Waals surface area contributed by atoms with Gasteiger partial charge in [-0.3, -0.25) is 19.8 Å². The van der Waals surface area contributed by atoms with E-state index < -0.39 is 5.54 Å². The van der Waals surface area contributed by atoms with Crippen molar-refractivity contribution in [1.82, 2.24) is 29.9 Å². The number of carbonyl (C=O) groups is 2. The van der Waals surface area contributed by atoms with Crippen molar-refractivity contribution in [1.29, 1.82) is 0 Å². The number of fused-ring (bicyclic) bond motifs is 2. The fourth-order valence-electron chi connectivity index (χ4n) is 4.76. The molecule has 5 rings (SSSR count). The van der Waals surface area contributed by atoms with E-state index in [4.69, 9.17) is 0 Å². The number of nitrogens with one attached hydrogen (secondary N) is 2. The van der Waals surface area contributed by atoms with Crippen LogP contribution in [0.15, 0.2) is 36.5 Å². The Balaban J connectivity index is 1.34. The number of β-amino-alcohol motifs (C(OH)–C–C–N with tert-alkyl or cyclic N) is 1. The van der Waals surface area contributed by atoms with Gasteiger partial charge in [0.05, 0.1) is 18.8 Å². The minimum atomic E-state index is -0.599. The number of aliphatic hydroxyl groups excluding tert-OH is 1. The Morgan fingerprint density at radius 2 is 2.06 bits per heavy atom. The predicted molar refractivity (Wildman–Crippen MR) is 117 cm³/mol. The van der Waals surface area contributed by atoms with Crippen LogP contribution in [-0.4, -0.2) is 85.3 Å². The molecule has 3 aliphatic rings. The number of urea groups is 1. The van der Waals surface area contributed by atoms with E-state index in [1.54, 1.807) is 24.4 Å². The zero-order valence-corrected chi connectivity index (χ0v) is 18.2. The molecule has 2 aromatic heterocycles. The Morgan fingerprint density at radius 3 is 2.75 bits per heavy atom. The summed E-state index contributed by atoms with van der Waals surface area (Å²) in [5, 5.41) is 19.5. The van der Waals surface area contributed by atoms with Crippen molar-refractivity contribution >= 4 is 17.8 Å². The number of piperazine rings is 1. The first kappa shape index (κ1) is 20.7. The zero-order valence-electron chi connectivity index (χ0n) is 18.2. The number of hydrogen-bond acceptors (Lipinski definition) is 6. The third-order valence-electron chi connectivity index (χ3n) is 6.62. The van der Waals surface area contributed by atoms with Gasteiger partial charge in [-0.25, -0.2) is 4.79 Å². The van der Waals surface area contributed by atoms with Crippen molar-refractivity contribution in [2.45, 2.75) is 38.0 Å². The molecule has 3 N–H and O–H groups in total. The highest BCUT2D eigenvalue weighted by Crippen LogP contribution is 2.50. The van der Waals surface area contributed by atoms with Crippen LogP contribution in [0, 0.1) is 0 Å². The average molecular weight is 438 g/mol. The Hall–Kier alpha value is -3.24. The number of aromatic amines is 1. The lowest BCUT2D eigenvalue weighted by Gasteiger charge is -2.45. The maximum Gasteiger partial charge on any atom is 0.321 e. The predicted octanol–water partition coefficient (Wildman–Crippen LogP) is 1.14. The van der Waals surface area contributed by atoms with Crippen LogP contribution in [0.2, 0.25) is 0 Å². The van der Waals surface area contributed by atoms with Crippen molar-refractivity contribution in [2.75, 3.05) is 31.6 Å². The van der Waals surface area contributed by atoms with Gasteiger partial charge in [0.15, 0.2) is 5.82 Å². The number of nitrogens with zero attached hydrogens (tertiary/aromatic N) is 5. The van der Waals surface area contributed by atoms with Crippen LogP contribution in [-0.2, 0) is 12.1 Å². The van der Waals surface area contributed by atoms with Gasteiger partial charge in [0, 0.05) is 43.5 Å². The highest BCUT2D eigenvalue weighted by Gasteiger charge is 2.55. The maximum atomic E-state index is 13.6. The van der Waals surface area contributed by atoms with E-state index >= 15 is 0 Å². The summed E-state index contributed by atoms with van der Waals surface area (Å²) in [6.45, 7) is 6.51. The average Bonchev–Trinajstić information content (AvgIpc) is 3.39. The number of H-pyrrole nitrogens is 1. The van der Waals surface area contributed by atoms with E-state index in [9.17, 15) is 14.7 Å². The molecular weight excluding hydrogens is 410 g/mol. The first-order chi connectivity index (χ1) is 15.4. The normalized spacial score (nSPS) is 23.5. The summed E-state index contributed by atoms with van der Waals surface area (Å²) in [4.78, 5) is 36.2.